The van der Waals surface area contributed by atoms with E-state index < -0.39 is 0 Å². The molecule has 0 saturated heterocycles. The van der Waals surface area contributed by atoms with Gasteiger partial charge < -0.3 is 9.13 Å². The van der Waals surface area contributed by atoms with E-state index in [4.69, 9.17) is 10.2 Å². The number of anilines is 2. The third kappa shape index (κ3) is 7.05. The van der Waals surface area contributed by atoms with Crippen LogP contribution in [-0.4, -0.2) is 34.7 Å². The number of fused-ring (bicyclic) bond motifs is 6. The van der Waals surface area contributed by atoms with Crippen LogP contribution in [0, 0.1) is 0 Å². The van der Waals surface area contributed by atoms with Gasteiger partial charge in [-0.15, -0.1) is 0 Å². The highest BCUT2D eigenvalue weighted by molar-refractivity contribution is 6.10. The predicted octanol–water partition coefficient (Wildman–Crippen LogP) is 11.5. The number of nitrogens with zero attached hydrogens (tertiary/aromatic N) is 6. The zero-order valence-electron chi connectivity index (χ0n) is 30.6. The smallest absolute Gasteiger partial charge is 0.0593 e. The third-order valence-electron chi connectivity index (χ3n) is 10.3. The average Bonchev–Trinajstić information content (AvgIpc) is 3.72. The van der Waals surface area contributed by atoms with E-state index in [9.17, 15) is 0 Å². The lowest BCUT2D eigenvalue weighted by atomic mass is 10.1. The number of hydrogen-bond donors (Lipinski definition) is 0. The largest absolute Gasteiger partial charge is 0.341 e. The Hall–Kier alpha value is -6.14. The first-order valence-electron chi connectivity index (χ1n) is 19.0. The summed E-state index contributed by atoms with van der Waals surface area (Å²) in [5.41, 5.74) is 9.48. The highest BCUT2D eigenvalue weighted by Crippen LogP contribution is 2.31. The minimum absolute atomic E-state index is 0.831. The molecule has 0 spiro atoms. The van der Waals surface area contributed by atoms with Gasteiger partial charge in [0.1, 0.15) is 0 Å². The molecule has 6 nitrogen and oxygen atoms in total. The van der Waals surface area contributed by atoms with Gasteiger partial charge in [-0.3, -0.25) is 10.0 Å². The second kappa shape index (κ2) is 15.6. The monoisotopic (exact) mass is 694 g/mol. The van der Waals surface area contributed by atoms with Crippen LogP contribution in [-0.2, 0) is 13.1 Å². The van der Waals surface area contributed by atoms with E-state index in [1.807, 2.05) is 12.4 Å². The van der Waals surface area contributed by atoms with Crippen LogP contribution in [0.1, 0.15) is 44.2 Å². The van der Waals surface area contributed by atoms with Gasteiger partial charge in [-0.1, -0.05) is 84.9 Å². The van der Waals surface area contributed by atoms with Crippen molar-refractivity contribution >= 4 is 67.4 Å². The first kappa shape index (κ1) is 34.0. The van der Waals surface area contributed by atoms with Crippen LogP contribution >= 0.6 is 0 Å². The van der Waals surface area contributed by atoms with Gasteiger partial charge in [-0.2, -0.15) is 10.2 Å². The zero-order chi connectivity index (χ0) is 36.0. The van der Waals surface area contributed by atoms with E-state index in [0.717, 1.165) is 67.9 Å². The van der Waals surface area contributed by atoms with E-state index >= 15 is 0 Å². The number of unbranched alkanes of at least 4 members (excludes halogenated alkanes) is 2. The van der Waals surface area contributed by atoms with Crippen LogP contribution < -0.4 is 10.0 Å². The summed E-state index contributed by atoms with van der Waals surface area (Å²) >= 11 is 0. The molecule has 0 amide bonds. The summed E-state index contributed by atoms with van der Waals surface area (Å²) in [4.78, 5) is 0. The fourth-order valence-electron chi connectivity index (χ4n) is 7.66. The molecule has 6 heteroatoms. The lowest BCUT2D eigenvalue weighted by molar-refractivity contribution is 0.648. The van der Waals surface area contributed by atoms with Gasteiger partial charge in [0, 0.05) is 69.8 Å². The minimum atomic E-state index is 0.831. The van der Waals surface area contributed by atoms with Crippen molar-refractivity contribution < 1.29 is 0 Å². The predicted molar refractivity (Wildman–Crippen MR) is 227 cm³/mol. The Morgan fingerprint density at radius 2 is 0.830 bits per heavy atom. The molecule has 0 fully saturated rings. The molecule has 0 aliphatic carbocycles. The normalized spacial score (nSPS) is 12.0. The van der Waals surface area contributed by atoms with Gasteiger partial charge in [-0.25, -0.2) is 0 Å². The number of benzene rings is 6. The topological polar surface area (TPSA) is 41.1 Å². The highest BCUT2D eigenvalue weighted by atomic mass is 15.5. The molecule has 8 aromatic rings. The first-order valence-corrected chi connectivity index (χ1v) is 19.0. The van der Waals surface area contributed by atoms with Crippen molar-refractivity contribution in [2.75, 3.05) is 23.1 Å². The SMILES string of the molecule is CCn1c2ccccc2c2cc(C=NN(CCCCCN(N=Cc3ccc4c(c3)c3ccccc3n4CC)c3ccccc3)c3ccccc3)ccc21. The number of hydrogen-bond acceptors (Lipinski definition) is 4. The van der Waals surface area contributed by atoms with Crippen molar-refractivity contribution in [1.82, 2.24) is 9.13 Å². The molecule has 0 N–H and O–H groups in total. The highest BCUT2D eigenvalue weighted by Gasteiger charge is 2.12. The van der Waals surface area contributed by atoms with E-state index in [0.29, 0.717) is 0 Å². The second-order valence-corrected chi connectivity index (χ2v) is 13.5. The van der Waals surface area contributed by atoms with Crippen LogP contribution in [0.2, 0.25) is 0 Å². The van der Waals surface area contributed by atoms with Crippen LogP contribution in [0.3, 0.4) is 0 Å². The maximum absolute atomic E-state index is 5.03. The van der Waals surface area contributed by atoms with Gasteiger partial charge in [0.2, 0.25) is 0 Å². The minimum Gasteiger partial charge on any atom is -0.341 e. The van der Waals surface area contributed by atoms with E-state index in [1.165, 1.54) is 43.6 Å². The van der Waals surface area contributed by atoms with Crippen molar-refractivity contribution in [3.8, 4) is 0 Å². The molecule has 2 heterocycles. The molecule has 2 aromatic heterocycles. The van der Waals surface area contributed by atoms with Crippen molar-refractivity contribution in [1.29, 1.82) is 0 Å². The third-order valence-corrected chi connectivity index (χ3v) is 10.3. The molecular formula is C47H46N6. The van der Waals surface area contributed by atoms with Gasteiger partial charge >= 0.3 is 0 Å². The lowest BCUT2D eigenvalue weighted by Gasteiger charge is -2.21. The van der Waals surface area contributed by atoms with Crippen molar-refractivity contribution in [2.45, 2.75) is 46.2 Å². The molecule has 0 unspecified atom stereocenters. The number of para-hydroxylation sites is 4. The van der Waals surface area contributed by atoms with Crippen LogP contribution in [0.15, 0.2) is 156 Å². The van der Waals surface area contributed by atoms with Crippen LogP contribution in [0.4, 0.5) is 11.4 Å². The van der Waals surface area contributed by atoms with Gasteiger partial charge in [0.25, 0.3) is 0 Å². The summed E-state index contributed by atoms with van der Waals surface area (Å²) < 4.78 is 4.77. The van der Waals surface area contributed by atoms with Gasteiger partial charge in [0.15, 0.2) is 0 Å². The molecule has 8 rings (SSSR count). The van der Waals surface area contributed by atoms with E-state index in [2.05, 4.69) is 179 Å². The zero-order valence-corrected chi connectivity index (χ0v) is 30.6. The molecular weight excluding hydrogens is 649 g/mol. The van der Waals surface area contributed by atoms with E-state index in [1.54, 1.807) is 0 Å². The Bertz CT molecular complexity index is 2350. The summed E-state index contributed by atoms with van der Waals surface area (Å²) in [6.07, 6.45) is 7.10. The lowest BCUT2D eigenvalue weighted by Crippen LogP contribution is -2.20. The number of aromatic nitrogens is 2. The fourth-order valence-corrected chi connectivity index (χ4v) is 7.66. The molecule has 0 bridgehead atoms. The van der Waals surface area contributed by atoms with Crippen LogP contribution in [0.5, 0.6) is 0 Å². The fraction of sp³-hybridized carbons (Fsp3) is 0.191. The number of rotatable bonds is 14. The summed E-state index contributed by atoms with van der Waals surface area (Å²) in [5, 5.41) is 19.5. The Balaban J connectivity index is 0.956. The molecule has 264 valence electrons. The molecule has 0 atom stereocenters. The molecule has 0 aliphatic heterocycles. The molecule has 6 aromatic carbocycles. The summed E-state index contributed by atoms with van der Waals surface area (Å²) in [7, 11) is 0. The standard InChI is InChI=1S/C47H46N6/c1-3-50-44-24-14-12-22-40(44)42-32-36(26-28-46(42)50)34-48-52(38-18-8-5-9-19-38)30-16-7-17-31-53(39-20-10-6-11-21-39)49-35-37-27-29-47-43(33-37)41-23-13-15-25-45(41)51(47)4-2/h5-6,8-15,18-29,32-35H,3-4,7,16-17,30-31H2,1-2H3. The quantitative estimate of drug-likeness (QED) is 0.0646. The molecule has 0 radical (unpaired) electrons. The first-order chi connectivity index (χ1) is 26.2. The van der Waals surface area contributed by atoms with E-state index in [-0.39, 0.29) is 0 Å². The second-order valence-electron chi connectivity index (χ2n) is 13.5. The maximum Gasteiger partial charge on any atom is 0.0593 e. The molecule has 53 heavy (non-hydrogen) atoms. The van der Waals surface area contributed by atoms with Crippen LogP contribution in [0.25, 0.3) is 43.6 Å². The summed E-state index contributed by atoms with van der Waals surface area (Å²) in [5.74, 6) is 0. The Morgan fingerprint density at radius 3 is 1.26 bits per heavy atom. The Morgan fingerprint density at radius 1 is 0.434 bits per heavy atom. The number of hydrazone groups is 2. The van der Waals surface area contributed by atoms with Crippen molar-refractivity contribution in [3.05, 3.63) is 157 Å². The summed E-state index contributed by atoms with van der Waals surface area (Å²) in [6, 6.07) is 51.7. The molecule has 0 aliphatic rings. The van der Waals surface area contributed by atoms with Crippen molar-refractivity contribution in [3.63, 3.8) is 0 Å². The summed E-state index contributed by atoms with van der Waals surface area (Å²) in [6.45, 7) is 7.96. The Labute approximate surface area is 311 Å². The van der Waals surface area contributed by atoms with Gasteiger partial charge in [0.05, 0.1) is 23.8 Å². The molecule has 0 saturated carbocycles. The maximum atomic E-state index is 5.03. The average molecular weight is 695 g/mol. The van der Waals surface area contributed by atoms with Crippen molar-refractivity contribution in [2.24, 2.45) is 10.2 Å². The Kier molecular flexibility index (Phi) is 10.0. The van der Waals surface area contributed by atoms with Gasteiger partial charge in [-0.05, 0) is 105 Å². The number of aryl methyl sites for hydroxylation is 2.